The monoisotopic (exact) mass is 318 g/mol. The molecule has 0 amide bonds. The van der Waals surface area contributed by atoms with E-state index in [1.54, 1.807) is 13.8 Å². The predicted molar refractivity (Wildman–Crippen MR) is 80.2 cm³/mol. The molecule has 0 aliphatic carbocycles. The number of aliphatic carboxylic acids is 2. The minimum atomic E-state index is -1.02. The van der Waals surface area contributed by atoms with Gasteiger partial charge in [0.2, 0.25) is 0 Å². The molecule has 0 bridgehead atoms. The first-order valence-corrected chi connectivity index (χ1v) is 7.35. The second-order valence-corrected chi connectivity index (χ2v) is 6.97. The molecule has 0 saturated heterocycles. The van der Waals surface area contributed by atoms with Crippen molar-refractivity contribution in [2.24, 2.45) is 11.8 Å². The van der Waals surface area contributed by atoms with Crippen LogP contribution in [0.4, 0.5) is 0 Å². The number of carbonyl (C=O) groups excluding carboxylic acids is 1. The number of carboxylic acids is 2. The van der Waals surface area contributed by atoms with Crippen LogP contribution in [0, 0.1) is 11.8 Å². The van der Waals surface area contributed by atoms with E-state index in [2.05, 4.69) is 0 Å². The summed E-state index contributed by atoms with van der Waals surface area (Å²) >= 11 is 0. The lowest BCUT2D eigenvalue weighted by Gasteiger charge is -2.28. The molecule has 0 radical (unpaired) electrons. The lowest BCUT2D eigenvalue weighted by molar-refractivity contribution is -0.873. The molecule has 0 aliphatic rings. The number of rotatable bonds is 10. The maximum Gasteiger partial charge on any atom is 0.307 e. The molecule has 0 saturated carbocycles. The zero-order valence-electron chi connectivity index (χ0n) is 14.0. The van der Waals surface area contributed by atoms with Crippen LogP contribution in [0.1, 0.15) is 33.1 Å². The van der Waals surface area contributed by atoms with Gasteiger partial charge in [-0.05, 0) is 12.3 Å². The topological polar surface area (TPSA) is 101 Å². The number of esters is 1. The first kappa shape index (κ1) is 20.4. The van der Waals surface area contributed by atoms with Crippen molar-refractivity contribution in [3.63, 3.8) is 0 Å². The third-order valence-electron chi connectivity index (χ3n) is 3.14. The number of hydrogen-bond donors (Lipinski definition) is 2. The minimum Gasteiger partial charge on any atom is -0.481 e. The normalized spacial score (nSPS) is 15.7. The average molecular weight is 318 g/mol. The summed E-state index contributed by atoms with van der Waals surface area (Å²) in [7, 11) is 5.67. The first-order valence-electron chi connectivity index (χ1n) is 7.35. The number of carbonyl (C=O) groups is 3. The molecule has 0 rings (SSSR count). The molecule has 0 spiro atoms. The Morgan fingerprint density at radius 3 is 2.00 bits per heavy atom. The standard InChI is InChI=1S/C15H27NO6/c1-10(6-11(2)15(20)21)7-14(19)22-12(8-13(17)18)9-16(3,4)5/h10-12H,6-9H2,1-5H3,(H-,17,18,20,21)/p+1. The van der Waals surface area contributed by atoms with Crippen molar-refractivity contribution in [2.45, 2.75) is 39.2 Å². The largest absolute Gasteiger partial charge is 0.481 e. The second kappa shape index (κ2) is 8.73. The summed E-state index contributed by atoms with van der Waals surface area (Å²) in [6, 6.07) is 0. The molecular weight excluding hydrogens is 290 g/mol. The van der Waals surface area contributed by atoms with Gasteiger partial charge in [-0.3, -0.25) is 14.4 Å². The van der Waals surface area contributed by atoms with E-state index in [4.69, 9.17) is 14.9 Å². The summed E-state index contributed by atoms with van der Waals surface area (Å²) in [4.78, 5) is 33.6. The summed E-state index contributed by atoms with van der Waals surface area (Å²) in [5.41, 5.74) is 0. The Labute approximate surface area is 131 Å². The van der Waals surface area contributed by atoms with Crippen LogP contribution in [0.2, 0.25) is 0 Å². The van der Waals surface area contributed by atoms with Crippen LogP contribution in [0.15, 0.2) is 0 Å². The molecule has 128 valence electrons. The highest BCUT2D eigenvalue weighted by Crippen LogP contribution is 2.17. The van der Waals surface area contributed by atoms with E-state index in [1.165, 1.54) is 0 Å². The van der Waals surface area contributed by atoms with Crippen LogP contribution < -0.4 is 0 Å². The Morgan fingerprint density at radius 2 is 1.59 bits per heavy atom. The molecule has 0 fully saturated rings. The fraction of sp³-hybridized carbons (Fsp3) is 0.800. The Kier molecular flexibility index (Phi) is 8.08. The third-order valence-corrected chi connectivity index (χ3v) is 3.14. The van der Waals surface area contributed by atoms with Gasteiger partial charge >= 0.3 is 17.9 Å². The van der Waals surface area contributed by atoms with Crippen molar-refractivity contribution in [1.82, 2.24) is 0 Å². The molecule has 0 aromatic heterocycles. The summed E-state index contributed by atoms with van der Waals surface area (Å²) in [6.45, 7) is 3.78. The van der Waals surface area contributed by atoms with E-state index < -0.39 is 29.9 Å². The zero-order valence-corrected chi connectivity index (χ0v) is 14.0. The van der Waals surface area contributed by atoms with Crippen LogP contribution in [-0.4, -0.2) is 66.4 Å². The molecular formula is C15H28NO6+. The van der Waals surface area contributed by atoms with Gasteiger partial charge in [0.15, 0.2) is 6.10 Å². The van der Waals surface area contributed by atoms with Crippen molar-refractivity contribution in [3.8, 4) is 0 Å². The molecule has 3 atom stereocenters. The molecule has 22 heavy (non-hydrogen) atoms. The van der Waals surface area contributed by atoms with E-state index >= 15 is 0 Å². The van der Waals surface area contributed by atoms with E-state index in [0.29, 0.717) is 17.4 Å². The number of nitrogens with zero attached hydrogens (tertiary/aromatic N) is 1. The van der Waals surface area contributed by atoms with E-state index in [-0.39, 0.29) is 18.8 Å². The Morgan fingerprint density at radius 1 is 1.05 bits per heavy atom. The smallest absolute Gasteiger partial charge is 0.307 e. The summed E-state index contributed by atoms with van der Waals surface area (Å²) in [6.07, 6.45) is -0.454. The van der Waals surface area contributed by atoms with E-state index in [1.807, 2.05) is 21.1 Å². The average Bonchev–Trinajstić information content (AvgIpc) is 2.23. The van der Waals surface area contributed by atoms with E-state index in [0.717, 1.165) is 0 Å². The Bertz CT molecular complexity index is 401. The quantitative estimate of drug-likeness (QED) is 0.464. The van der Waals surface area contributed by atoms with Gasteiger partial charge in [-0.2, -0.15) is 0 Å². The highest BCUT2D eigenvalue weighted by molar-refractivity contribution is 5.72. The molecule has 0 aromatic rings. The summed E-state index contributed by atoms with van der Waals surface area (Å²) in [5.74, 6) is -3.05. The van der Waals surface area contributed by atoms with Crippen molar-refractivity contribution >= 4 is 17.9 Å². The lowest BCUT2D eigenvalue weighted by Crippen LogP contribution is -2.43. The van der Waals surface area contributed by atoms with Gasteiger partial charge < -0.3 is 19.4 Å². The second-order valence-electron chi connectivity index (χ2n) is 6.97. The molecule has 0 aromatic carbocycles. The van der Waals surface area contributed by atoms with Crippen LogP contribution in [-0.2, 0) is 19.1 Å². The zero-order chi connectivity index (χ0) is 17.5. The fourth-order valence-corrected chi connectivity index (χ4v) is 2.26. The van der Waals surface area contributed by atoms with Gasteiger partial charge in [0, 0.05) is 6.42 Å². The molecule has 0 aliphatic heterocycles. The highest BCUT2D eigenvalue weighted by atomic mass is 16.5. The van der Waals surface area contributed by atoms with Crippen LogP contribution >= 0.6 is 0 Å². The molecule has 0 heterocycles. The van der Waals surface area contributed by atoms with Gasteiger partial charge in [-0.1, -0.05) is 13.8 Å². The van der Waals surface area contributed by atoms with Crippen molar-refractivity contribution in [1.29, 1.82) is 0 Å². The molecule has 7 nitrogen and oxygen atoms in total. The van der Waals surface area contributed by atoms with Gasteiger partial charge in [0.25, 0.3) is 0 Å². The lowest BCUT2D eigenvalue weighted by atomic mass is 9.95. The maximum atomic E-state index is 11.9. The van der Waals surface area contributed by atoms with E-state index in [9.17, 15) is 14.4 Å². The Balaban J connectivity index is 4.49. The van der Waals surface area contributed by atoms with Gasteiger partial charge in [-0.15, -0.1) is 0 Å². The van der Waals surface area contributed by atoms with Crippen LogP contribution in [0.25, 0.3) is 0 Å². The minimum absolute atomic E-state index is 0.0882. The number of ether oxygens (including phenoxy) is 1. The number of quaternary nitrogens is 1. The number of likely N-dealkylation sites (N-methyl/N-ethyl adjacent to an activating group) is 1. The third kappa shape index (κ3) is 10.1. The Hall–Kier alpha value is -1.63. The van der Waals surface area contributed by atoms with Crippen LogP contribution in [0.5, 0.6) is 0 Å². The SMILES string of the molecule is CC(CC(=O)OC(CC(=O)O)C[N+](C)(C)C)CC(C)C(=O)O. The van der Waals surface area contributed by atoms with Crippen molar-refractivity contribution in [3.05, 3.63) is 0 Å². The van der Waals surface area contributed by atoms with Crippen molar-refractivity contribution in [2.75, 3.05) is 27.7 Å². The van der Waals surface area contributed by atoms with Gasteiger partial charge in [0.05, 0.1) is 33.5 Å². The van der Waals surface area contributed by atoms with Gasteiger partial charge in [0.1, 0.15) is 6.54 Å². The molecule has 7 heteroatoms. The first-order chi connectivity index (χ1) is 9.90. The van der Waals surface area contributed by atoms with Crippen LogP contribution in [0.3, 0.4) is 0 Å². The summed E-state index contributed by atoms with van der Waals surface area (Å²) in [5, 5.41) is 17.7. The fourth-order valence-electron chi connectivity index (χ4n) is 2.26. The van der Waals surface area contributed by atoms with Crippen molar-refractivity contribution < 1.29 is 33.8 Å². The number of carboxylic acid groups (broad SMARTS) is 2. The highest BCUT2D eigenvalue weighted by Gasteiger charge is 2.26. The predicted octanol–water partition coefficient (Wildman–Crippen LogP) is 1.22. The molecule has 3 unspecified atom stereocenters. The molecule has 2 N–H and O–H groups in total. The van der Waals surface area contributed by atoms with Gasteiger partial charge in [-0.25, -0.2) is 0 Å². The summed E-state index contributed by atoms with van der Waals surface area (Å²) < 4.78 is 5.75. The number of hydrogen-bond acceptors (Lipinski definition) is 4. The maximum absolute atomic E-state index is 11.9.